The second-order valence-electron chi connectivity index (χ2n) is 4.80. The van der Waals surface area contributed by atoms with Gasteiger partial charge in [0.25, 0.3) is 0 Å². The number of para-hydroxylation sites is 2. The molecule has 3 rings (SSSR count). The van der Waals surface area contributed by atoms with Crippen LogP contribution in [-0.4, -0.2) is 15.1 Å². The van der Waals surface area contributed by atoms with Gasteiger partial charge in [-0.15, -0.1) is 0 Å². The van der Waals surface area contributed by atoms with Crippen LogP contribution in [0.25, 0.3) is 11.0 Å². The molecule has 5 nitrogen and oxygen atoms in total. The first-order valence-corrected chi connectivity index (χ1v) is 6.58. The molecule has 106 valence electrons. The van der Waals surface area contributed by atoms with Gasteiger partial charge in [-0.3, -0.25) is 9.13 Å². The Morgan fingerprint density at radius 3 is 2.10 bits per heavy atom. The highest BCUT2D eigenvalue weighted by atomic mass is 16.4. The molecule has 0 unspecified atom stereocenters. The zero-order chi connectivity index (χ0) is 14.8. The van der Waals surface area contributed by atoms with Crippen LogP contribution in [0.4, 0.5) is 0 Å². The lowest BCUT2D eigenvalue weighted by Crippen LogP contribution is -2.33. The van der Waals surface area contributed by atoms with Crippen LogP contribution in [0.1, 0.15) is 5.56 Å². The maximum atomic E-state index is 12.5. The van der Waals surface area contributed by atoms with Gasteiger partial charge in [0.1, 0.15) is 0 Å². The van der Waals surface area contributed by atoms with Gasteiger partial charge < -0.3 is 9.90 Å². The molecule has 1 heterocycles. The summed E-state index contributed by atoms with van der Waals surface area (Å²) in [6.07, 6.45) is 0. The highest BCUT2D eigenvalue weighted by Crippen LogP contribution is 2.14. The van der Waals surface area contributed by atoms with Crippen LogP contribution in [0, 0.1) is 0 Å². The maximum Gasteiger partial charge on any atom is 0.329 e. The SMILES string of the molecule is O=C([O-])Cn1c(=O)n(Cc2ccccc2)c2ccccc21. The van der Waals surface area contributed by atoms with E-state index in [0.29, 0.717) is 17.6 Å². The fraction of sp³-hybridized carbons (Fsp3) is 0.125. The van der Waals surface area contributed by atoms with Crippen LogP contribution in [0.3, 0.4) is 0 Å². The Morgan fingerprint density at radius 2 is 1.48 bits per heavy atom. The minimum absolute atomic E-state index is 0.343. The monoisotopic (exact) mass is 281 g/mol. The first-order valence-electron chi connectivity index (χ1n) is 6.58. The van der Waals surface area contributed by atoms with Gasteiger partial charge in [0.05, 0.1) is 30.1 Å². The highest BCUT2D eigenvalue weighted by Gasteiger charge is 2.12. The van der Waals surface area contributed by atoms with E-state index in [1.165, 1.54) is 4.57 Å². The number of hydrogen-bond donors (Lipinski definition) is 0. The Hall–Kier alpha value is -2.82. The third-order valence-corrected chi connectivity index (χ3v) is 3.40. The lowest BCUT2D eigenvalue weighted by molar-refractivity contribution is -0.306. The van der Waals surface area contributed by atoms with E-state index >= 15 is 0 Å². The molecule has 0 radical (unpaired) electrons. The Balaban J connectivity index is 2.16. The van der Waals surface area contributed by atoms with Crippen LogP contribution in [0.5, 0.6) is 0 Å². The second-order valence-corrected chi connectivity index (χ2v) is 4.80. The number of hydrogen-bond acceptors (Lipinski definition) is 3. The Morgan fingerprint density at radius 1 is 0.905 bits per heavy atom. The molecular formula is C16H13N2O3-. The van der Waals surface area contributed by atoms with Crippen molar-refractivity contribution in [3.8, 4) is 0 Å². The average Bonchev–Trinajstić information content (AvgIpc) is 2.74. The van der Waals surface area contributed by atoms with Crippen LogP contribution in [-0.2, 0) is 17.9 Å². The number of carbonyl (C=O) groups excluding carboxylic acids is 1. The number of carbonyl (C=O) groups is 1. The molecule has 0 saturated heterocycles. The summed E-state index contributed by atoms with van der Waals surface area (Å²) in [6.45, 7) is -0.0403. The van der Waals surface area contributed by atoms with E-state index < -0.39 is 12.5 Å². The third-order valence-electron chi connectivity index (χ3n) is 3.40. The number of carboxylic acid groups (broad SMARTS) is 1. The first-order chi connectivity index (χ1) is 10.2. The molecule has 21 heavy (non-hydrogen) atoms. The molecule has 0 aliphatic heterocycles. The number of rotatable bonds is 4. The number of nitrogens with zero attached hydrogens (tertiary/aromatic N) is 2. The molecule has 0 fully saturated rings. The van der Waals surface area contributed by atoms with E-state index in [2.05, 4.69) is 0 Å². The van der Waals surface area contributed by atoms with Gasteiger partial charge in [0, 0.05) is 0 Å². The first kappa shape index (κ1) is 13.2. The number of imidazole rings is 1. The van der Waals surface area contributed by atoms with Crippen molar-refractivity contribution in [1.29, 1.82) is 0 Å². The number of fused-ring (bicyclic) bond motifs is 1. The fourth-order valence-corrected chi connectivity index (χ4v) is 2.47. The molecule has 0 amide bonds. The highest BCUT2D eigenvalue weighted by molar-refractivity contribution is 5.78. The van der Waals surface area contributed by atoms with Gasteiger partial charge >= 0.3 is 5.69 Å². The molecule has 0 aliphatic carbocycles. The Labute approximate surface area is 120 Å². The summed E-state index contributed by atoms with van der Waals surface area (Å²) >= 11 is 0. The maximum absolute atomic E-state index is 12.5. The van der Waals surface area contributed by atoms with Crippen LogP contribution < -0.4 is 10.8 Å². The van der Waals surface area contributed by atoms with Gasteiger partial charge in [0.2, 0.25) is 0 Å². The van der Waals surface area contributed by atoms with Crippen LogP contribution in [0.15, 0.2) is 59.4 Å². The summed E-state index contributed by atoms with van der Waals surface area (Å²) in [5.74, 6) is -1.28. The Bertz CT molecular complexity index is 847. The number of aromatic nitrogens is 2. The van der Waals surface area contributed by atoms with E-state index in [9.17, 15) is 14.7 Å². The topological polar surface area (TPSA) is 67.1 Å². The lowest BCUT2D eigenvalue weighted by Gasteiger charge is -2.03. The summed E-state index contributed by atoms with van der Waals surface area (Å²) < 4.78 is 2.81. The standard InChI is InChI=1S/C16H14N2O3/c19-15(20)11-18-14-9-5-4-8-13(14)17(16(18)21)10-12-6-2-1-3-7-12/h1-9H,10-11H2,(H,19,20)/p-1. The molecule has 0 bridgehead atoms. The molecule has 0 spiro atoms. The quantitative estimate of drug-likeness (QED) is 0.703. The van der Waals surface area contributed by atoms with E-state index in [4.69, 9.17) is 0 Å². The summed E-state index contributed by atoms with van der Waals surface area (Å²) in [5, 5.41) is 10.9. The minimum Gasteiger partial charge on any atom is -0.548 e. The molecule has 2 aromatic carbocycles. The van der Waals surface area contributed by atoms with E-state index in [1.807, 2.05) is 42.5 Å². The van der Waals surface area contributed by atoms with Crippen LogP contribution in [0.2, 0.25) is 0 Å². The summed E-state index contributed by atoms with van der Waals surface area (Å²) in [7, 11) is 0. The number of aliphatic carboxylic acids is 1. The predicted octanol–water partition coefficient (Wildman–Crippen LogP) is 0.601. The fourth-order valence-electron chi connectivity index (χ4n) is 2.47. The van der Waals surface area contributed by atoms with Gasteiger partial charge in [-0.2, -0.15) is 0 Å². The van der Waals surface area contributed by atoms with Crippen molar-refractivity contribution in [2.24, 2.45) is 0 Å². The van der Waals surface area contributed by atoms with Gasteiger partial charge in [-0.05, 0) is 17.7 Å². The predicted molar refractivity (Wildman–Crippen MR) is 76.7 cm³/mol. The van der Waals surface area contributed by atoms with Crippen molar-refractivity contribution < 1.29 is 9.90 Å². The minimum atomic E-state index is -1.28. The largest absolute Gasteiger partial charge is 0.548 e. The number of benzene rings is 2. The van der Waals surface area contributed by atoms with Gasteiger partial charge in [0.15, 0.2) is 0 Å². The molecule has 0 aliphatic rings. The smallest absolute Gasteiger partial charge is 0.329 e. The molecule has 1 aromatic heterocycles. The normalized spacial score (nSPS) is 10.9. The Kier molecular flexibility index (Phi) is 3.31. The van der Waals surface area contributed by atoms with E-state index in [1.54, 1.807) is 16.7 Å². The third kappa shape index (κ3) is 2.45. The van der Waals surface area contributed by atoms with Crippen molar-refractivity contribution in [3.05, 3.63) is 70.6 Å². The molecule has 0 saturated carbocycles. The van der Waals surface area contributed by atoms with Gasteiger partial charge in [-0.1, -0.05) is 42.5 Å². The summed E-state index contributed by atoms with van der Waals surface area (Å²) in [4.78, 5) is 23.3. The van der Waals surface area contributed by atoms with Crippen molar-refractivity contribution >= 4 is 17.0 Å². The summed E-state index contributed by atoms with van der Waals surface area (Å²) in [5.41, 5.74) is 1.95. The second kappa shape index (κ2) is 5.28. The van der Waals surface area contributed by atoms with Crippen molar-refractivity contribution in [2.75, 3.05) is 0 Å². The van der Waals surface area contributed by atoms with Crippen molar-refractivity contribution in [3.63, 3.8) is 0 Å². The zero-order valence-electron chi connectivity index (χ0n) is 11.2. The molecular weight excluding hydrogens is 268 g/mol. The average molecular weight is 281 g/mol. The molecule has 5 heteroatoms. The molecule has 0 N–H and O–H groups in total. The van der Waals surface area contributed by atoms with Gasteiger partial charge in [-0.25, -0.2) is 4.79 Å². The zero-order valence-corrected chi connectivity index (χ0v) is 11.2. The number of carboxylic acids is 1. The summed E-state index contributed by atoms with van der Waals surface area (Å²) in [6, 6.07) is 16.7. The van der Waals surface area contributed by atoms with Crippen molar-refractivity contribution in [1.82, 2.24) is 9.13 Å². The van der Waals surface area contributed by atoms with Crippen LogP contribution >= 0.6 is 0 Å². The van der Waals surface area contributed by atoms with E-state index in [0.717, 1.165) is 5.56 Å². The molecule has 0 atom stereocenters. The van der Waals surface area contributed by atoms with Crippen molar-refractivity contribution in [2.45, 2.75) is 13.1 Å². The lowest BCUT2D eigenvalue weighted by atomic mass is 10.2. The van der Waals surface area contributed by atoms with E-state index in [-0.39, 0.29) is 5.69 Å². The molecule has 3 aromatic rings.